The lowest BCUT2D eigenvalue weighted by molar-refractivity contribution is 0.998. The Morgan fingerprint density at radius 3 is 1.31 bits per heavy atom. The van der Waals surface area contributed by atoms with Gasteiger partial charge in [-0.15, -0.1) is 0 Å². The molecular formula is C28H26N4. The van der Waals surface area contributed by atoms with Gasteiger partial charge in [0.2, 0.25) is 0 Å². The largest absolute Gasteiger partial charge is 0.399 e. The van der Waals surface area contributed by atoms with Crippen molar-refractivity contribution in [2.24, 2.45) is 0 Å². The van der Waals surface area contributed by atoms with Gasteiger partial charge in [-0.3, -0.25) is 0 Å². The summed E-state index contributed by atoms with van der Waals surface area (Å²) < 4.78 is 0. The summed E-state index contributed by atoms with van der Waals surface area (Å²) in [4.78, 5) is 4.76. The van der Waals surface area contributed by atoms with Crippen molar-refractivity contribution in [1.82, 2.24) is 0 Å². The fourth-order valence-electron chi connectivity index (χ4n) is 5.01. The van der Waals surface area contributed by atoms with E-state index in [4.69, 9.17) is 11.5 Å². The van der Waals surface area contributed by atoms with Crippen LogP contribution in [0.2, 0.25) is 0 Å². The number of hydrogen-bond donors (Lipinski definition) is 2. The van der Waals surface area contributed by atoms with Gasteiger partial charge in [-0.1, -0.05) is 12.1 Å². The van der Waals surface area contributed by atoms with E-state index in [1.807, 2.05) is 24.3 Å². The van der Waals surface area contributed by atoms with Gasteiger partial charge in [0, 0.05) is 47.2 Å². The third kappa shape index (κ3) is 3.16. The Bertz CT molecular complexity index is 1190. The molecule has 0 unspecified atom stereocenters. The number of hydrogen-bond acceptors (Lipinski definition) is 4. The first-order chi connectivity index (χ1) is 15.7. The number of anilines is 6. The van der Waals surface area contributed by atoms with Crippen molar-refractivity contribution >= 4 is 34.1 Å². The molecule has 0 spiro atoms. The molecule has 4 aromatic carbocycles. The molecule has 0 radical (unpaired) electrons. The van der Waals surface area contributed by atoms with Crippen molar-refractivity contribution in [1.29, 1.82) is 0 Å². The first kappa shape index (κ1) is 18.8. The molecular weight excluding hydrogens is 392 g/mol. The monoisotopic (exact) mass is 418 g/mol. The van der Waals surface area contributed by atoms with Crippen molar-refractivity contribution in [2.75, 3.05) is 34.4 Å². The van der Waals surface area contributed by atoms with Crippen molar-refractivity contribution in [2.45, 2.75) is 12.8 Å². The molecule has 4 aromatic rings. The third-order valence-electron chi connectivity index (χ3n) is 6.69. The van der Waals surface area contributed by atoms with Gasteiger partial charge in [-0.25, -0.2) is 0 Å². The average Bonchev–Trinajstić information content (AvgIpc) is 3.44. The van der Waals surface area contributed by atoms with E-state index in [2.05, 4.69) is 70.5 Å². The summed E-state index contributed by atoms with van der Waals surface area (Å²) in [6.07, 6.45) is 2.12. The van der Waals surface area contributed by atoms with Crippen LogP contribution >= 0.6 is 0 Å². The zero-order valence-electron chi connectivity index (χ0n) is 18.0. The SMILES string of the molecule is Nc1ccc(N2CCc3cc(-c4ccc5c(c4)CCN5c4ccc(N)cc4)ccc32)cc1. The van der Waals surface area contributed by atoms with Crippen molar-refractivity contribution in [3.8, 4) is 11.1 Å². The standard InChI is InChI=1S/C28H26N4/c29-23-3-7-25(8-4-23)31-15-13-21-17-19(1-11-27(21)31)20-2-12-28-22(18-20)14-16-32(28)26-9-5-24(30)6-10-26/h1-12,17-18H,13-16,29-30H2. The Kier molecular flexibility index (Phi) is 4.32. The third-order valence-corrected chi connectivity index (χ3v) is 6.69. The summed E-state index contributed by atoms with van der Waals surface area (Å²) in [5, 5.41) is 0. The summed E-state index contributed by atoms with van der Waals surface area (Å²) in [7, 11) is 0. The van der Waals surface area contributed by atoms with Crippen LogP contribution in [0.15, 0.2) is 84.9 Å². The second-order valence-electron chi connectivity index (χ2n) is 8.67. The highest BCUT2D eigenvalue weighted by atomic mass is 15.2. The molecule has 4 nitrogen and oxygen atoms in total. The molecule has 0 bridgehead atoms. The molecule has 0 saturated carbocycles. The lowest BCUT2D eigenvalue weighted by Crippen LogP contribution is -2.13. The quantitative estimate of drug-likeness (QED) is 0.406. The van der Waals surface area contributed by atoms with Crippen molar-refractivity contribution in [3.05, 3.63) is 96.1 Å². The van der Waals surface area contributed by atoms with E-state index in [9.17, 15) is 0 Å². The average molecular weight is 419 g/mol. The summed E-state index contributed by atoms with van der Waals surface area (Å²) >= 11 is 0. The van der Waals surface area contributed by atoms with Crippen LogP contribution in [0, 0.1) is 0 Å². The van der Waals surface area contributed by atoms with Gasteiger partial charge >= 0.3 is 0 Å². The molecule has 158 valence electrons. The molecule has 0 aliphatic carbocycles. The van der Waals surface area contributed by atoms with Crippen LogP contribution in [0.1, 0.15) is 11.1 Å². The van der Waals surface area contributed by atoms with Crippen LogP contribution in [0.3, 0.4) is 0 Å². The molecule has 6 rings (SSSR count). The number of benzene rings is 4. The summed E-state index contributed by atoms with van der Waals surface area (Å²) in [6, 6.07) is 30.1. The van der Waals surface area contributed by atoms with E-state index < -0.39 is 0 Å². The highest BCUT2D eigenvalue weighted by molar-refractivity contribution is 5.79. The van der Waals surface area contributed by atoms with E-state index in [0.29, 0.717) is 0 Å². The Balaban J connectivity index is 1.29. The summed E-state index contributed by atoms with van der Waals surface area (Å²) in [6.45, 7) is 2.01. The van der Waals surface area contributed by atoms with Gasteiger partial charge < -0.3 is 21.3 Å². The molecule has 0 saturated heterocycles. The fraction of sp³-hybridized carbons (Fsp3) is 0.143. The van der Waals surface area contributed by atoms with E-state index in [1.54, 1.807) is 0 Å². The normalized spacial score (nSPS) is 14.5. The molecule has 32 heavy (non-hydrogen) atoms. The van der Waals surface area contributed by atoms with Gasteiger partial charge in [-0.2, -0.15) is 0 Å². The molecule has 2 aliphatic heterocycles. The minimum atomic E-state index is 0.801. The smallest absolute Gasteiger partial charge is 0.0444 e. The lowest BCUT2D eigenvalue weighted by atomic mass is 9.99. The van der Waals surface area contributed by atoms with Crippen LogP contribution in [0.25, 0.3) is 11.1 Å². The number of nitrogens with zero attached hydrogens (tertiary/aromatic N) is 2. The highest BCUT2D eigenvalue weighted by Gasteiger charge is 2.23. The fourth-order valence-corrected chi connectivity index (χ4v) is 5.01. The second kappa shape index (κ2) is 7.34. The second-order valence-corrected chi connectivity index (χ2v) is 8.67. The molecule has 2 heterocycles. The predicted octanol–water partition coefficient (Wildman–Crippen LogP) is 5.91. The zero-order chi connectivity index (χ0) is 21.7. The molecule has 0 amide bonds. The number of fused-ring (bicyclic) bond motifs is 2. The maximum Gasteiger partial charge on any atom is 0.0444 e. The number of rotatable bonds is 3. The van der Waals surface area contributed by atoms with E-state index in [1.165, 1.54) is 45.0 Å². The maximum absolute atomic E-state index is 5.86. The topological polar surface area (TPSA) is 58.5 Å². The van der Waals surface area contributed by atoms with Crippen molar-refractivity contribution < 1.29 is 0 Å². The highest BCUT2D eigenvalue weighted by Crippen LogP contribution is 2.40. The minimum absolute atomic E-state index is 0.801. The summed E-state index contributed by atoms with van der Waals surface area (Å²) in [5.74, 6) is 0. The van der Waals surface area contributed by atoms with Crippen LogP contribution in [-0.4, -0.2) is 13.1 Å². The van der Waals surface area contributed by atoms with Crippen LogP contribution in [0.4, 0.5) is 34.1 Å². The van der Waals surface area contributed by atoms with Gasteiger partial charge in [-0.05, 0) is 108 Å². The van der Waals surface area contributed by atoms with Gasteiger partial charge in [0.25, 0.3) is 0 Å². The Labute approximate surface area is 188 Å². The first-order valence-corrected chi connectivity index (χ1v) is 11.2. The van der Waals surface area contributed by atoms with Gasteiger partial charge in [0.15, 0.2) is 0 Å². The molecule has 0 fully saturated rings. The molecule has 2 aliphatic rings. The first-order valence-electron chi connectivity index (χ1n) is 11.2. The molecule has 0 aromatic heterocycles. The minimum Gasteiger partial charge on any atom is -0.399 e. The van der Waals surface area contributed by atoms with Crippen LogP contribution < -0.4 is 21.3 Å². The summed E-state index contributed by atoms with van der Waals surface area (Å²) in [5.41, 5.74) is 23.7. The Morgan fingerprint density at radius 1 is 0.500 bits per heavy atom. The van der Waals surface area contributed by atoms with Gasteiger partial charge in [0.1, 0.15) is 0 Å². The number of nitrogens with two attached hydrogens (primary N) is 2. The zero-order valence-corrected chi connectivity index (χ0v) is 18.0. The molecule has 0 atom stereocenters. The van der Waals surface area contributed by atoms with E-state index >= 15 is 0 Å². The van der Waals surface area contributed by atoms with Crippen LogP contribution in [0.5, 0.6) is 0 Å². The number of nitrogen functional groups attached to an aromatic ring is 2. The van der Waals surface area contributed by atoms with Crippen LogP contribution in [-0.2, 0) is 12.8 Å². The Morgan fingerprint density at radius 2 is 0.906 bits per heavy atom. The maximum atomic E-state index is 5.86. The van der Waals surface area contributed by atoms with E-state index in [-0.39, 0.29) is 0 Å². The molecule has 4 heteroatoms. The van der Waals surface area contributed by atoms with Crippen molar-refractivity contribution in [3.63, 3.8) is 0 Å². The van der Waals surface area contributed by atoms with Gasteiger partial charge in [0.05, 0.1) is 0 Å². The molecule has 4 N–H and O–H groups in total. The predicted molar refractivity (Wildman–Crippen MR) is 135 cm³/mol. The Hall–Kier alpha value is -3.92. The lowest BCUT2D eigenvalue weighted by Gasteiger charge is -2.20. The van der Waals surface area contributed by atoms with E-state index in [0.717, 1.165) is 37.3 Å².